The normalized spacial score (nSPS) is 15.7. The molecule has 0 atom stereocenters. The molecule has 3 rings (SSSR count). The first-order valence-electron chi connectivity index (χ1n) is 6.33. The number of piperazine rings is 1. The van der Waals surface area contributed by atoms with E-state index in [0.717, 1.165) is 37.3 Å². The van der Waals surface area contributed by atoms with Crippen molar-refractivity contribution in [2.24, 2.45) is 0 Å². The van der Waals surface area contributed by atoms with Crippen LogP contribution in [0.5, 0.6) is 5.75 Å². The zero-order chi connectivity index (χ0) is 13.2. The fourth-order valence-electron chi connectivity index (χ4n) is 2.21. The highest BCUT2D eigenvalue weighted by Gasteiger charge is 2.17. The predicted molar refractivity (Wildman–Crippen MR) is 71.2 cm³/mol. The van der Waals surface area contributed by atoms with Crippen LogP contribution in [0, 0.1) is 6.92 Å². The van der Waals surface area contributed by atoms with Gasteiger partial charge in [-0.1, -0.05) is 0 Å². The molecule has 1 aromatic heterocycles. The summed E-state index contributed by atoms with van der Waals surface area (Å²) >= 11 is 0. The van der Waals surface area contributed by atoms with Gasteiger partial charge in [0.25, 0.3) is 11.8 Å². The van der Waals surface area contributed by atoms with Gasteiger partial charge in [0, 0.05) is 31.7 Å². The fourth-order valence-corrected chi connectivity index (χ4v) is 2.21. The first-order chi connectivity index (χ1) is 9.22. The SMILES string of the molecule is Cc1cc(O)cc(-c2nc(N3CCNCC3)no2)c1. The highest BCUT2D eigenvalue weighted by Crippen LogP contribution is 2.25. The van der Waals surface area contributed by atoms with Crippen molar-refractivity contribution < 1.29 is 9.63 Å². The molecule has 19 heavy (non-hydrogen) atoms. The number of phenolic OH excluding ortho intramolecular Hbond substituents is 1. The quantitative estimate of drug-likeness (QED) is 0.844. The first-order valence-corrected chi connectivity index (χ1v) is 6.33. The zero-order valence-corrected chi connectivity index (χ0v) is 10.8. The molecule has 1 aromatic carbocycles. The van der Waals surface area contributed by atoms with Gasteiger partial charge in [-0.3, -0.25) is 0 Å². The van der Waals surface area contributed by atoms with Crippen molar-refractivity contribution in [2.45, 2.75) is 6.92 Å². The van der Waals surface area contributed by atoms with Gasteiger partial charge < -0.3 is 19.8 Å². The number of nitrogens with one attached hydrogen (secondary N) is 1. The third-order valence-corrected chi connectivity index (χ3v) is 3.12. The van der Waals surface area contributed by atoms with E-state index in [1.807, 2.05) is 13.0 Å². The van der Waals surface area contributed by atoms with Gasteiger partial charge in [0.2, 0.25) is 0 Å². The molecule has 2 heterocycles. The molecule has 1 aliphatic heterocycles. The Kier molecular flexibility index (Phi) is 3.08. The summed E-state index contributed by atoms with van der Waals surface area (Å²) in [4.78, 5) is 6.48. The number of anilines is 1. The van der Waals surface area contributed by atoms with Gasteiger partial charge in [0.15, 0.2) is 0 Å². The molecule has 0 bridgehead atoms. The number of phenols is 1. The lowest BCUT2D eigenvalue weighted by atomic mass is 10.1. The van der Waals surface area contributed by atoms with Crippen LogP contribution in [-0.4, -0.2) is 41.4 Å². The lowest BCUT2D eigenvalue weighted by Crippen LogP contribution is -2.44. The molecule has 6 nitrogen and oxygen atoms in total. The minimum Gasteiger partial charge on any atom is -0.508 e. The predicted octanol–water partition coefficient (Wildman–Crippen LogP) is 1.16. The summed E-state index contributed by atoms with van der Waals surface area (Å²) in [5.41, 5.74) is 1.70. The monoisotopic (exact) mass is 260 g/mol. The summed E-state index contributed by atoms with van der Waals surface area (Å²) in [6.07, 6.45) is 0. The van der Waals surface area contributed by atoms with Crippen molar-refractivity contribution >= 4 is 5.95 Å². The second-order valence-electron chi connectivity index (χ2n) is 4.69. The molecule has 0 aliphatic carbocycles. The molecule has 0 unspecified atom stereocenters. The summed E-state index contributed by atoms with van der Waals surface area (Å²) in [6, 6.07) is 5.23. The molecule has 2 aromatic rings. The van der Waals surface area contributed by atoms with Crippen LogP contribution in [0.1, 0.15) is 5.56 Å². The molecular weight excluding hydrogens is 244 g/mol. The van der Waals surface area contributed by atoms with Crippen LogP contribution in [0.2, 0.25) is 0 Å². The molecule has 0 spiro atoms. The maximum atomic E-state index is 9.60. The van der Waals surface area contributed by atoms with Gasteiger partial charge in [-0.25, -0.2) is 0 Å². The number of aromatic nitrogens is 2. The van der Waals surface area contributed by atoms with Crippen molar-refractivity contribution in [1.29, 1.82) is 0 Å². The van der Waals surface area contributed by atoms with Crippen LogP contribution < -0.4 is 10.2 Å². The van der Waals surface area contributed by atoms with Gasteiger partial charge in [-0.05, 0) is 35.8 Å². The van der Waals surface area contributed by atoms with Gasteiger partial charge in [0.1, 0.15) is 5.75 Å². The Balaban J connectivity index is 1.87. The van der Waals surface area contributed by atoms with Crippen molar-refractivity contribution in [2.75, 3.05) is 31.1 Å². The van der Waals surface area contributed by atoms with Crippen molar-refractivity contribution in [3.63, 3.8) is 0 Å². The third-order valence-electron chi connectivity index (χ3n) is 3.12. The van der Waals surface area contributed by atoms with Gasteiger partial charge in [-0.2, -0.15) is 4.98 Å². The van der Waals surface area contributed by atoms with Crippen LogP contribution in [0.15, 0.2) is 22.7 Å². The molecular formula is C13H16N4O2. The standard InChI is InChI=1S/C13H16N4O2/c1-9-6-10(8-11(18)7-9)12-15-13(16-19-12)17-4-2-14-3-5-17/h6-8,14,18H,2-5H2,1H3. The highest BCUT2D eigenvalue weighted by atomic mass is 16.5. The Morgan fingerprint density at radius 2 is 2.05 bits per heavy atom. The van der Waals surface area contributed by atoms with E-state index in [1.54, 1.807) is 12.1 Å². The maximum Gasteiger partial charge on any atom is 0.266 e. The molecule has 6 heteroatoms. The van der Waals surface area contributed by atoms with Crippen LogP contribution >= 0.6 is 0 Å². The van der Waals surface area contributed by atoms with E-state index in [-0.39, 0.29) is 5.75 Å². The lowest BCUT2D eigenvalue weighted by Gasteiger charge is -2.25. The number of aryl methyl sites for hydroxylation is 1. The van der Waals surface area contributed by atoms with E-state index in [1.165, 1.54) is 0 Å². The largest absolute Gasteiger partial charge is 0.508 e. The highest BCUT2D eigenvalue weighted by molar-refractivity contribution is 5.58. The number of nitrogens with zero attached hydrogens (tertiary/aromatic N) is 3. The summed E-state index contributed by atoms with van der Waals surface area (Å²) in [5.74, 6) is 1.25. The zero-order valence-electron chi connectivity index (χ0n) is 10.8. The smallest absolute Gasteiger partial charge is 0.266 e. The first kappa shape index (κ1) is 12.0. The van der Waals surface area contributed by atoms with Gasteiger partial charge >= 0.3 is 0 Å². The van der Waals surface area contributed by atoms with Crippen molar-refractivity contribution in [3.05, 3.63) is 23.8 Å². The van der Waals surface area contributed by atoms with Crippen LogP contribution in [0.4, 0.5) is 5.95 Å². The van der Waals surface area contributed by atoms with E-state index >= 15 is 0 Å². The maximum absolute atomic E-state index is 9.60. The number of hydrogen-bond acceptors (Lipinski definition) is 6. The summed E-state index contributed by atoms with van der Waals surface area (Å²) in [5, 5.41) is 16.9. The lowest BCUT2D eigenvalue weighted by molar-refractivity contribution is 0.426. The molecule has 2 N–H and O–H groups in total. The minimum absolute atomic E-state index is 0.205. The fraction of sp³-hybridized carbons (Fsp3) is 0.385. The Hall–Kier alpha value is -2.08. The molecule has 1 saturated heterocycles. The number of rotatable bonds is 2. The second kappa shape index (κ2) is 4.89. The summed E-state index contributed by atoms with van der Waals surface area (Å²) in [7, 11) is 0. The Morgan fingerprint density at radius 3 is 2.79 bits per heavy atom. The Bertz CT molecular complexity index is 556. The topological polar surface area (TPSA) is 74.4 Å². The van der Waals surface area contributed by atoms with Crippen LogP contribution in [0.25, 0.3) is 11.5 Å². The molecule has 0 amide bonds. The number of benzene rings is 1. The van der Waals surface area contributed by atoms with E-state index in [9.17, 15) is 5.11 Å². The van der Waals surface area contributed by atoms with Crippen molar-refractivity contribution in [3.8, 4) is 17.2 Å². The molecule has 0 radical (unpaired) electrons. The average molecular weight is 260 g/mol. The Labute approximate surface area is 111 Å². The number of hydrogen-bond donors (Lipinski definition) is 2. The molecule has 1 aliphatic rings. The number of aromatic hydroxyl groups is 1. The summed E-state index contributed by atoms with van der Waals surface area (Å²) < 4.78 is 5.28. The summed E-state index contributed by atoms with van der Waals surface area (Å²) in [6.45, 7) is 5.51. The molecule has 0 saturated carbocycles. The van der Waals surface area contributed by atoms with Crippen molar-refractivity contribution in [1.82, 2.24) is 15.5 Å². The molecule has 100 valence electrons. The van der Waals surface area contributed by atoms with Crippen LogP contribution in [0.3, 0.4) is 0 Å². The minimum atomic E-state index is 0.205. The van der Waals surface area contributed by atoms with E-state index in [0.29, 0.717) is 11.8 Å². The van der Waals surface area contributed by atoms with Gasteiger partial charge in [-0.15, -0.1) is 0 Å². The van der Waals surface area contributed by atoms with Gasteiger partial charge in [0.05, 0.1) is 0 Å². The van der Waals surface area contributed by atoms with E-state index in [2.05, 4.69) is 20.4 Å². The van der Waals surface area contributed by atoms with Crippen LogP contribution in [-0.2, 0) is 0 Å². The van der Waals surface area contributed by atoms with E-state index < -0.39 is 0 Å². The average Bonchev–Trinajstić information content (AvgIpc) is 2.88. The molecule has 1 fully saturated rings. The van der Waals surface area contributed by atoms with E-state index in [4.69, 9.17) is 4.52 Å². The third kappa shape index (κ3) is 2.53. The second-order valence-corrected chi connectivity index (χ2v) is 4.69. The Morgan fingerprint density at radius 1 is 1.26 bits per heavy atom.